The van der Waals surface area contributed by atoms with E-state index in [-0.39, 0.29) is 28.5 Å². The van der Waals surface area contributed by atoms with Crippen LogP contribution in [-0.2, 0) is 16.6 Å². The summed E-state index contributed by atoms with van der Waals surface area (Å²) in [4.78, 5) is 12.7. The molecule has 0 fully saturated rings. The quantitative estimate of drug-likeness (QED) is 0.505. The van der Waals surface area contributed by atoms with Crippen molar-refractivity contribution in [2.45, 2.75) is 11.4 Å². The van der Waals surface area contributed by atoms with Gasteiger partial charge in [-0.05, 0) is 60.2 Å². The lowest BCUT2D eigenvalue weighted by atomic mass is 10.1. The van der Waals surface area contributed by atoms with Crippen LogP contribution >= 0.6 is 27.5 Å². The maximum absolute atomic E-state index is 13.0. The third-order valence-electron chi connectivity index (χ3n) is 3.96. The van der Waals surface area contributed by atoms with Crippen LogP contribution in [0.2, 0.25) is 5.02 Å². The maximum Gasteiger partial charge on any atom is 0.261 e. The molecule has 0 aliphatic carbocycles. The van der Waals surface area contributed by atoms with E-state index in [4.69, 9.17) is 11.6 Å². The van der Waals surface area contributed by atoms with Crippen molar-refractivity contribution >= 4 is 49.1 Å². The fraction of sp³-hybridized carbons (Fsp3) is 0.0500. The van der Waals surface area contributed by atoms with Crippen LogP contribution in [0, 0.1) is 5.82 Å². The molecule has 0 heterocycles. The minimum Gasteiger partial charge on any atom is -0.348 e. The summed E-state index contributed by atoms with van der Waals surface area (Å²) in [6.07, 6.45) is 0. The Kier molecular flexibility index (Phi) is 6.56. The highest BCUT2D eigenvalue weighted by molar-refractivity contribution is 9.10. The number of nitrogens with one attached hydrogen (secondary N) is 2. The van der Waals surface area contributed by atoms with E-state index < -0.39 is 15.9 Å². The zero-order valence-electron chi connectivity index (χ0n) is 14.8. The number of rotatable bonds is 6. The third kappa shape index (κ3) is 5.56. The lowest BCUT2D eigenvalue weighted by Crippen LogP contribution is -2.25. The van der Waals surface area contributed by atoms with Crippen LogP contribution in [0.15, 0.2) is 76.1 Å². The maximum atomic E-state index is 13.0. The van der Waals surface area contributed by atoms with Crippen molar-refractivity contribution < 1.29 is 17.6 Å². The van der Waals surface area contributed by atoms with E-state index in [9.17, 15) is 17.6 Å². The van der Waals surface area contributed by atoms with Crippen molar-refractivity contribution in [3.63, 3.8) is 0 Å². The summed E-state index contributed by atoms with van der Waals surface area (Å²) in [5.41, 5.74) is 0.969. The van der Waals surface area contributed by atoms with Gasteiger partial charge in [-0.1, -0.05) is 39.7 Å². The Labute approximate surface area is 181 Å². The molecule has 0 bridgehead atoms. The molecule has 3 aromatic carbocycles. The molecule has 9 heteroatoms. The zero-order chi connectivity index (χ0) is 21.0. The molecule has 0 radical (unpaired) electrons. The minimum atomic E-state index is -3.92. The van der Waals surface area contributed by atoms with Crippen LogP contribution in [0.4, 0.5) is 10.1 Å². The van der Waals surface area contributed by atoms with Crippen molar-refractivity contribution in [2.75, 3.05) is 4.72 Å². The van der Waals surface area contributed by atoms with Crippen LogP contribution in [0.3, 0.4) is 0 Å². The Bertz CT molecular complexity index is 1140. The highest BCUT2D eigenvalue weighted by Crippen LogP contribution is 2.25. The van der Waals surface area contributed by atoms with Gasteiger partial charge in [0.05, 0.1) is 16.1 Å². The molecule has 3 rings (SSSR count). The average molecular weight is 498 g/mol. The van der Waals surface area contributed by atoms with E-state index in [1.54, 1.807) is 18.2 Å². The molecule has 3 aromatic rings. The molecule has 2 N–H and O–H groups in total. The Balaban J connectivity index is 1.82. The van der Waals surface area contributed by atoms with Gasteiger partial charge < -0.3 is 5.32 Å². The molecular weight excluding hydrogens is 483 g/mol. The highest BCUT2D eigenvalue weighted by atomic mass is 79.9. The molecule has 150 valence electrons. The lowest BCUT2D eigenvalue weighted by Gasteiger charge is -2.13. The van der Waals surface area contributed by atoms with Crippen molar-refractivity contribution in [3.05, 3.63) is 93.2 Å². The van der Waals surface area contributed by atoms with Gasteiger partial charge in [-0.2, -0.15) is 0 Å². The van der Waals surface area contributed by atoms with Crippen LogP contribution in [0.1, 0.15) is 15.9 Å². The number of anilines is 1. The van der Waals surface area contributed by atoms with Crippen molar-refractivity contribution in [3.8, 4) is 0 Å². The molecular formula is C20H15BrClFN2O3S. The van der Waals surface area contributed by atoms with Gasteiger partial charge in [0, 0.05) is 16.0 Å². The first-order chi connectivity index (χ1) is 13.7. The van der Waals surface area contributed by atoms with Crippen molar-refractivity contribution in [2.24, 2.45) is 0 Å². The molecule has 5 nitrogen and oxygen atoms in total. The number of hydrogen-bond acceptors (Lipinski definition) is 3. The van der Waals surface area contributed by atoms with Crippen LogP contribution < -0.4 is 10.0 Å². The van der Waals surface area contributed by atoms with Gasteiger partial charge in [0.25, 0.3) is 15.9 Å². The summed E-state index contributed by atoms with van der Waals surface area (Å²) in [6, 6.07) is 16.0. The summed E-state index contributed by atoms with van der Waals surface area (Å²) in [5.74, 6) is -0.851. The SMILES string of the molecule is O=C(NCc1ccc(F)cc1)c1cc(Br)ccc1NS(=O)(=O)c1ccc(Cl)cc1. The van der Waals surface area contributed by atoms with Gasteiger partial charge in [-0.15, -0.1) is 0 Å². The third-order valence-corrected chi connectivity index (χ3v) is 6.09. The number of carbonyl (C=O) groups excluding carboxylic acids is 1. The minimum absolute atomic E-state index is 0.0162. The van der Waals surface area contributed by atoms with Crippen molar-refractivity contribution in [1.29, 1.82) is 0 Å². The standard InChI is InChI=1S/C20H15BrClFN2O3S/c21-14-3-10-19(25-29(27,28)17-8-4-15(22)5-9-17)18(11-14)20(26)24-12-13-1-6-16(23)7-2-13/h1-11,25H,12H2,(H,24,26). The van der Waals surface area contributed by atoms with Gasteiger partial charge in [0.15, 0.2) is 0 Å². The Morgan fingerprint density at radius 2 is 1.66 bits per heavy atom. The van der Waals surface area contributed by atoms with Gasteiger partial charge in [0.2, 0.25) is 0 Å². The van der Waals surface area contributed by atoms with E-state index in [0.29, 0.717) is 15.1 Å². The number of sulfonamides is 1. The van der Waals surface area contributed by atoms with E-state index in [0.717, 1.165) is 0 Å². The molecule has 0 aromatic heterocycles. The van der Waals surface area contributed by atoms with E-state index in [1.165, 1.54) is 48.5 Å². The zero-order valence-corrected chi connectivity index (χ0v) is 18.0. The van der Waals surface area contributed by atoms with E-state index in [2.05, 4.69) is 26.0 Å². The first-order valence-corrected chi connectivity index (χ1v) is 11.0. The van der Waals surface area contributed by atoms with Crippen LogP contribution in [-0.4, -0.2) is 14.3 Å². The summed E-state index contributed by atoms with van der Waals surface area (Å²) >= 11 is 9.09. The number of carbonyl (C=O) groups is 1. The number of amides is 1. The predicted octanol–water partition coefficient (Wildman–Crippen LogP) is 4.97. The summed E-state index contributed by atoms with van der Waals surface area (Å²) in [7, 11) is -3.92. The molecule has 1 amide bonds. The Hall–Kier alpha value is -2.42. The molecule has 0 saturated carbocycles. The Morgan fingerprint density at radius 3 is 2.31 bits per heavy atom. The molecule has 0 spiro atoms. The molecule has 0 saturated heterocycles. The van der Waals surface area contributed by atoms with Gasteiger partial charge in [-0.3, -0.25) is 9.52 Å². The largest absolute Gasteiger partial charge is 0.348 e. The first-order valence-electron chi connectivity index (χ1n) is 8.35. The van der Waals surface area contributed by atoms with E-state index >= 15 is 0 Å². The second kappa shape index (κ2) is 8.94. The summed E-state index contributed by atoms with van der Waals surface area (Å²) in [5, 5.41) is 3.11. The fourth-order valence-electron chi connectivity index (χ4n) is 2.49. The van der Waals surface area contributed by atoms with Gasteiger partial charge in [0.1, 0.15) is 5.82 Å². The second-order valence-corrected chi connectivity index (χ2v) is 9.09. The van der Waals surface area contributed by atoms with Crippen LogP contribution in [0.25, 0.3) is 0 Å². The molecule has 0 aliphatic rings. The first kappa shape index (κ1) is 21.3. The lowest BCUT2D eigenvalue weighted by molar-refractivity contribution is 0.0951. The molecule has 29 heavy (non-hydrogen) atoms. The number of halogens is 3. The molecule has 0 atom stereocenters. The normalized spacial score (nSPS) is 11.1. The monoisotopic (exact) mass is 496 g/mol. The fourth-order valence-corrected chi connectivity index (χ4v) is 4.06. The molecule has 0 unspecified atom stereocenters. The number of benzene rings is 3. The molecule has 0 aliphatic heterocycles. The smallest absolute Gasteiger partial charge is 0.261 e. The topological polar surface area (TPSA) is 75.3 Å². The van der Waals surface area contributed by atoms with E-state index in [1.807, 2.05) is 0 Å². The second-order valence-electron chi connectivity index (χ2n) is 6.06. The van der Waals surface area contributed by atoms with Crippen LogP contribution in [0.5, 0.6) is 0 Å². The van der Waals surface area contributed by atoms with Gasteiger partial charge in [-0.25, -0.2) is 12.8 Å². The van der Waals surface area contributed by atoms with Crippen molar-refractivity contribution in [1.82, 2.24) is 5.32 Å². The summed E-state index contributed by atoms with van der Waals surface area (Å²) in [6.45, 7) is 0.162. The Morgan fingerprint density at radius 1 is 1.00 bits per heavy atom. The van der Waals surface area contributed by atoms with Gasteiger partial charge >= 0.3 is 0 Å². The highest BCUT2D eigenvalue weighted by Gasteiger charge is 2.19. The predicted molar refractivity (Wildman–Crippen MR) is 114 cm³/mol. The number of hydrogen-bond donors (Lipinski definition) is 2. The summed E-state index contributed by atoms with van der Waals surface area (Å²) < 4.78 is 41.3. The average Bonchev–Trinajstić information content (AvgIpc) is 2.69.